The summed E-state index contributed by atoms with van der Waals surface area (Å²) in [4.78, 5) is 4.17. The lowest BCUT2D eigenvalue weighted by atomic mass is 10.2. The summed E-state index contributed by atoms with van der Waals surface area (Å²) in [5.41, 5.74) is 1.78. The smallest absolute Gasteiger partial charge is 0.211 e. The summed E-state index contributed by atoms with van der Waals surface area (Å²) >= 11 is 0. The van der Waals surface area contributed by atoms with Crippen LogP contribution >= 0.6 is 0 Å². The summed E-state index contributed by atoms with van der Waals surface area (Å²) in [6.07, 6.45) is 4.33. The summed E-state index contributed by atoms with van der Waals surface area (Å²) in [5.74, 6) is 0.173. The highest BCUT2D eigenvalue weighted by atomic mass is 32.2. The number of aromatic nitrogens is 1. The fourth-order valence-corrected chi connectivity index (χ4v) is 2.88. The van der Waals surface area contributed by atoms with E-state index in [-0.39, 0.29) is 12.3 Å². The van der Waals surface area contributed by atoms with Crippen LogP contribution < -0.4 is 10.0 Å². The maximum Gasteiger partial charge on any atom is 0.211 e. The average Bonchev–Trinajstić information content (AvgIpc) is 2.42. The Labute approximate surface area is 122 Å². The number of aryl methyl sites for hydroxylation is 1. The fourth-order valence-electron chi connectivity index (χ4n) is 1.80. The van der Waals surface area contributed by atoms with Gasteiger partial charge in [0, 0.05) is 6.20 Å². The normalized spacial score (nSPS) is 11.7. The Morgan fingerprint density at radius 3 is 2.75 bits per heavy atom. The zero-order valence-corrected chi connectivity index (χ0v) is 13.2. The van der Waals surface area contributed by atoms with Crippen molar-refractivity contribution in [3.05, 3.63) is 29.6 Å². The van der Waals surface area contributed by atoms with Crippen LogP contribution in [0.2, 0.25) is 0 Å². The molecule has 0 fully saturated rings. The monoisotopic (exact) mass is 299 g/mol. The van der Waals surface area contributed by atoms with Gasteiger partial charge in [-0.05, 0) is 50.9 Å². The minimum Gasteiger partial charge on any atom is -0.317 e. The van der Waals surface area contributed by atoms with E-state index in [1.807, 2.05) is 19.1 Å². The topological polar surface area (TPSA) is 71.1 Å². The molecular formula is C14H25N3O2S. The molecule has 0 atom stereocenters. The second-order valence-corrected chi connectivity index (χ2v) is 6.79. The number of unbranched alkanes of at least 4 members (excludes halogenated alkanes) is 1. The lowest BCUT2D eigenvalue weighted by Crippen LogP contribution is -2.27. The van der Waals surface area contributed by atoms with Crippen molar-refractivity contribution in [1.29, 1.82) is 0 Å². The molecule has 0 bridgehead atoms. The Bertz CT molecular complexity index is 489. The van der Waals surface area contributed by atoms with E-state index in [1.165, 1.54) is 0 Å². The standard InChI is InChI=1S/C14H25N3O2S/c1-3-8-15-9-4-5-11-20(18,19)17-12-14-13(2)7-6-10-16-14/h6-7,10,15,17H,3-5,8-9,11-12H2,1-2H3. The lowest BCUT2D eigenvalue weighted by Gasteiger charge is -2.08. The van der Waals surface area contributed by atoms with E-state index < -0.39 is 10.0 Å². The molecular weight excluding hydrogens is 274 g/mol. The highest BCUT2D eigenvalue weighted by Crippen LogP contribution is 2.03. The molecule has 5 nitrogen and oxygen atoms in total. The molecule has 114 valence electrons. The number of nitrogens with one attached hydrogen (secondary N) is 2. The number of hydrogen-bond acceptors (Lipinski definition) is 4. The molecule has 20 heavy (non-hydrogen) atoms. The van der Waals surface area contributed by atoms with Gasteiger partial charge in [-0.1, -0.05) is 13.0 Å². The van der Waals surface area contributed by atoms with Gasteiger partial charge >= 0.3 is 0 Å². The van der Waals surface area contributed by atoms with Crippen LogP contribution in [0.1, 0.15) is 37.4 Å². The molecule has 0 amide bonds. The Morgan fingerprint density at radius 2 is 2.05 bits per heavy atom. The summed E-state index contributed by atoms with van der Waals surface area (Å²) in [7, 11) is -3.21. The zero-order chi connectivity index (χ0) is 14.8. The van der Waals surface area contributed by atoms with E-state index >= 15 is 0 Å². The third-order valence-corrected chi connectivity index (χ3v) is 4.43. The van der Waals surface area contributed by atoms with Gasteiger partial charge in [0.2, 0.25) is 10.0 Å². The van der Waals surface area contributed by atoms with Crippen molar-refractivity contribution in [2.75, 3.05) is 18.8 Å². The third-order valence-electron chi connectivity index (χ3n) is 3.02. The Hall–Kier alpha value is -0.980. The molecule has 2 N–H and O–H groups in total. The highest BCUT2D eigenvalue weighted by molar-refractivity contribution is 7.89. The number of nitrogens with zero attached hydrogens (tertiary/aromatic N) is 1. The van der Waals surface area contributed by atoms with Crippen molar-refractivity contribution in [1.82, 2.24) is 15.0 Å². The van der Waals surface area contributed by atoms with Gasteiger partial charge in [0.15, 0.2) is 0 Å². The van der Waals surface area contributed by atoms with Crippen LogP contribution in [-0.4, -0.2) is 32.2 Å². The van der Waals surface area contributed by atoms with E-state index in [0.29, 0.717) is 6.42 Å². The second kappa shape index (κ2) is 9.05. The van der Waals surface area contributed by atoms with Crippen LogP contribution in [0.25, 0.3) is 0 Å². The second-order valence-electron chi connectivity index (χ2n) is 4.86. The third kappa shape index (κ3) is 6.98. The van der Waals surface area contributed by atoms with Crippen molar-refractivity contribution in [2.45, 2.75) is 39.7 Å². The molecule has 0 radical (unpaired) electrons. The molecule has 0 aliphatic rings. The van der Waals surface area contributed by atoms with Crippen LogP contribution in [0.5, 0.6) is 0 Å². The minimum absolute atomic E-state index is 0.173. The molecule has 0 unspecified atom stereocenters. The molecule has 0 spiro atoms. The number of rotatable bonds is 10. The van der Waals surface area contributed by atoms with Crippen LogP contribution in [0.4, 0.5) is 0 Å². The number of hydrogen-bond donors (Lipinski definition) is 2. The van der Waals surface area contributed by atoms with Crippen LogP contribution in [0.3, 0.4) is 0 Å². The van der Waals surface area contributed by atoms with E-state index in [0.717, 1.165) is 37.2 Å². The Balaban J connectivity index is 2.26. The number of sulfonamides is 1. The van der Waals surface area contributed by atoms with E-state index in [9.17, 15) is 8.42 Å². The van der Waals surface area contributed by atoms with E-state index in [2.05, 4.69) is 21.9 Å². The van der Waals surface area contributed by atoms with Gasteiger partial charge in [-0.3, -0.25) is 4.98 Å². The summed E-state index contributed by atoms with van der Waals surface area (Å²) < 4.78 is 26.3. The quantitative estimate of drug-likeness (QED) is 0.644. The summed E-state index contributed by atoms with van der Waals surface area (Å²) in [6, 6.07) is 3.77. The Morgan fingerprint density at radius 1 is 1.25 bits per heavy atom. The van der Waals surface area contributed by atoms with Gasteiger partial charge in [-0.2, -0.15) is 0 Å². The van der Waals surface area contributed by atoms with Gasteiger partial charge in [0.1, 0.15) is 0 Å². The first-order valence-corrected chi connectivity index (χ1v) is 8.79. The van der Waals surface area contributed by atoms with Crippen LogP contribution in [0.15, 0.2) is 18.3 Å². The first kappa shape index (κ1) is 17.1. The SMILES string of the molecule is CCCNCCCCS(=O)(=O)NCc1ncccc1C. The zero-order valence-electron chi connectivity index (χ0n) is 12.4. The van der Waals surface area contributed by atoms with Crippen molar-refractivity contribution in [3.8, 4) is 0 Å². The van der Waals surface area contributed by atoms with Crippen LogP contribution in [0, 0.1) is 6.92 Å². The predicted octanol–water partition coefficient (Wildman–Crippen LogP) is 1.59. The minimum atomic E-state index is -3.21. The summed E-state index contributed by atoms with van der Waals surface area (Å²) in [5, 5.41) is 3.26. The molecule has 1 heterocycles. The first-order chi connectivity index (χ1) is 9.55. The first-order valence-electron chi connectivity index (χ1n) is 7.13. The summed E-state index contributed by atoms with van der Waals surface area (Å²) in [6.45, 7) is 6.17. The highest BCUT2D eigenvalue weighted by Gasteiger charge is 2.10. The Kier molecular flexibility index (Phi) is 7.72. The average molecular weight is 299 g/mol. The fraction of sp³-hybridized carbons (Fsp3) is 0.643. The van der Waals surface area contributed by atoms with Crippen molar-refractivity contribution in [3.63, 3.8) is 0 Å². The van der Waals surface area contributed by atoms with E-state index in [4.69, 9.17) is 0 Å². The molecule has 0 aliphatic heterocycles. The van der Waals surface area contributed by atoms with Gasteiger partial charge in [0.05, 0.1) is 18.0 Å². The van der Waals surface area contributed by atoms with Gasteiger partial charge in [-0.15, -0.1) is 0 Å². The molecule has 6 heteroatoms. The predicted molar refractivity (Wildman–Crippen MR) is 82.0 cm³/mol. The largest absolute Gasteiger partial charge is 0.317 e. The molecule has 0 saturated carbocycles. The number of pyridine rings is 1. The van der Waals surface area contributed by atoms with Gasteiger partial charge in [0.25, 0.3) is 0 Å². The lowest BCUT2D eigenvalue weighted by molar-refractivity contribution is 0.571. The molecule has 0 saturated heterocycles. The molecule has 0 aromatic carbocycles. The molecule has 0 aliphatic carbocycles. The molecule has 1 rings (SSSR count). The van der Waals surface area contributed by atoms with Gasteiger partial charge < -0.3 is 5.32 Å². The molecule has 1 aromatic heterocycles. The maximum atomic E-state index is 11.8. The van der Waals surface area contributed by atoms with Gasteiger partial charge in [-0.25, -0.2) is 13.1 Å². The van der Waals surface area contributed by atoms with E-state index in [1.54, 1.807) is 6.20 Å². The molecule has 1 aromatic rings. The van der Waals surface area contributed by atoms with Crippen molar-refractivity contribution >= 4 is 10.0 Å². The van der Waals surface area contributed by atoms with Crippen molar-refractivity contribution < 1.29 is 8.42 Å². The van der Waals surface area contributed by atoms with Crippen LogP contribution in [-0.2, 0) is 16.6 Å². The van der Waals surface area contributed by atoms with Crippen molar-refractivity contribution in [2.24, 2.45) is 0 Å². The maximum absolute atomic E-state index is 11.8.